The van der Waals surface area contributed by atoms with Gasteiger partial charge in [-0.25, -0.2) is 9.97 Å². The summed E-state index contributed by atoms with van der Waals surface area (Å²) < 4.78 is 1.17. The minimum absolute atomic E-state index is 0.311. The molecule has 0 saturated carbocycles. The summed E-state index contributed by atoms with van der Waals surface area (Å²) in [5, 5.41) is 0.335. The van der Waals surface area contributed by atoms with Crippen molar-refractivity contribution in [2.45, 2.75) is 0 Å². The van der Waals surface area contributed by atoms with E-state index in [0.29, 0.717) is 19.3 Å². The fourth-order valence-electron chi connectivity index (χ4n) is 0.388. The summed E-state index contributed by atoms with van der Waals surface area (Å²) in [5.74, 6) is 0.311. The second-order valence-corrected chi connectivity index (χ2v) is 3.61. The number of hydrogen-bond acceptors (Lipinski definition) is 3. The largest absolute Gasteiger partial charge is 0.381 e. The minimum Gasteiger partial charge on any atom is -0.381 e. The summed E-state index contributed by atoms with van der Waals surface area (Å²) in [5.41, 5.74) is 5.38. The highest BCUT2D eigenvalue weighted by Gasteiger charge is 2.04. The Kier molecular flexibility index (Phi) is 2.70. The molecule has 0 amide bonds. The van der Waals surface area contributed by atoms with E-state index in [2.05, 4.69) is 25.9 Å². The smallest absolute Gasteiger partial charge is 0.163 e. The van der Waals surface area contributed by atoms with Gasteiger partial charge in [0.15, 0.2) is 11.0 Å². The summed E-state index contributed by atoms with van der Waals surface area (Å²) in [6.07, 6.45) is 0. The third kappa shape index (κ3) is 1.70. The molecule has 0 aromatic carbocycles. The lowest BCUT2D eigenvalue weighted by Crippen LogP contribution is -1.96. The van der Waals surface area contributed by atoms with E-state index in [1.807, 2.05) is 22.6 Å². The Balaban J connectivity index is 3.28. The average Bonchev–Trinajstić information content (AvgIpc) is 1.84. The number of aromatic nitrogens is 2. The van der Waals surface area contributed by atoms with Gasteiger partial charge in [0.05, 0.1) is 0 Å². The highest BCUT2D eigenvalue weighted by molar-refractivity contribution is 14.1. The first kappa shape index (κ1) is 8.48. The van der Waals surface area contributed by atoms with Crippen molar-refractivity contribution in [2.75, 3.05) is 5.73 Å². The summed E-state index contributed by atoms with van der Waals surface area (Å²) in [6, 6.07) is 0. The molecule has 1 aromatic heterocycles. The van der Waals surface area contributed by atoms with Crippen LogP contribution in [0.3, 0.4) is 0 Å². The van der Waals surface area contributed by atoms with Crippen molar-refractivity contribution in [3.8, 4) is 0 Å². The average molecular weight is 334 g/mol. The normalized spacial score (nSPS) is 9.90. The molecule has 2 N–H and O–H groups in total. The maximum Gasteiger partial charge on any atom is 0.163 e. The molecule has 1 heterocycles. The van der Waals surface area contributed by atoms with Gasteiger partial charge >= 0.3 is 0 Å². The summed E-state index contributed by atoms with van der Waals surface area (Å²) in [7, 11) is 0. The molecule has 54 valence electrons. The van der Waals surface area contributed by atoms with Crippen molar-refractivity contribution in [1.82, 2.24) is 9.97 Å². The predicted octanol–water partition coefficient (Wildman–Crippen LogP) is 2.08. The molecule has 0 aliphatic rings. The molecule has 0 radical (unpaired) electrons. The molecular weight excluding hydrogens is 332 g/mol. The van der Waals surface area contributed by atoms with Gasteiger partial charge in [-0.2, -0.15) is 0 Å². The first-order valence-electron chi connectivity index (χ1n) is 2.25. The van der Waals surface area contributed by atoms with Crippen molar-refractivity contribution in [1.29, 1.82) is 0 Å². The van der Waals surface area contributed by atoms with Crippen molar-refractivity contribution < 1.29 is 0 Å². The van der Waals surface area contributed by atoms with E-state index in [1.165, 1.54) is 0 Å². The van der Waals surface area contributed by atoms with Crippen LogP contribution in [0.4, 0.5) is 5.82 Å². The van der Waals surface area contributed by atoms with E-state index in [9.17, 15) is 0 Å². The van der Waals surface area contributed by atoms with Crippen LogP contribution < -0.4 is 5.73 Å². The zero-order valence-corrected chi connectivity index (χ0v) is 9.11. The minimum atomic E-state index is 0.311. The summed E-state index contributed by atoms with van der Waals surface area (Å²) in [6.45, 7) is 0. The van der Waals surface area contributed by atoms with Crippen LogP contribution in [0.15, 0.2) is 4.60 Å². The van der Waals surface area contributed by atoms with Crippen molar-refractivity contribution >= 4 is 55.9 Å². The Bertz CT molecular complexity index is 217. The number of nitrogen functional groups attached to an aromatic ring is 1. The van der Waals surface area contributed by atoms with E-state index in [4.69, 9.17) is 17.3 Å². The highest BCUT2D eigenvalue weighted by Crippen LogP contribution is 2.20. The molecule has 6 heteroatoms. The zero-order chi connectivity index (χ0) is 7.72. The van der Waals surface area contributed by atoms with Crippen LogP contribution in [0.1, 0.15) is 0 Å². The molecule has 10 heavy (non-hydrogen) atoms. The molecule has 1 aromatic rings. The van der Waals surface area contributed by atoms with Crippen LogP contribution >= 0.6 is 50.1 Å². The Hall–Kier alpha value is 0.380. The van der Waals surface area contributed by atoms with Gasteiger partial charge in [0.25, 0.3) is 0 Å². The van der Waals surface area contributed by atoms with E-state index < -0.39 is 0 Å². The molecule has 0 fully saturated rings. The summed E-state index contributed by atoms with van der Waals surface area (Å²) in [4.78, 5) is 7.76. The molecule has 0 saturated heterocycles. The van der Waals surface area contributed by atoms with Gasteiger partial charge in [-0.15, -0.1) is 0 Å². The Labute approximate surface area is 84.6 Å². The predicted molar refractivity (Wildman–Crippen MR) is 51.9 cm³/mol. The standard InChI is InChI=1S/C4H2BrClIN3/c5-1-4(8)10-2(6)3(7)9-1/h(H2,8,10). The van der Waals surface area contributed by atoms with Gasteiger partial charge < -0.3 is 5.73 Å². The lowest BCUT2D eigenvalue weighted by molar-refractivity contribution is 1.14. The van der Waals surface area contributed by atoms with Gasteiger partial charge in [0.2, 0.25) is 0 Å². The maximum atomic E-state index is 5.60. The lowest BCUT2D eigenvalue weighted by atomic mass is 10.7. The van der Waals surface area contributed by atoms with Crippen molar-refractivity contribution in [3.63, 3.8) is 0 Å². The maximum absolute atomic E-state index is 5.60. The van der Waals surface area contributed by atoms with Crippen LogP contribution in [0.2, 0.25) is 5.15 Å². The van der Waals surface area contributed by atoms with E-state index >= 15 is 0 Å². The van der Waals surface area contributed by atoms with Crippen LogP contribution in [0.5, 0.6) is 0 Å². The van der Waals surface area contributed by atoms with Crippen LogP contribution in [-0.2, 0) is 0 Å². The quantitative estimate of drug-likeness (QED) is 0.739. The molecule has 0 spiro atoms. The number of anilines is 1. The van der Waals surface area contributed by atoms with Crippen LogP contribution in [0, 0.1) is 3.70 Å². The molecule has 0 aliphatic carbocycles. The third-order valence-electron chi connectivity index (χ3n) is 0.797. The molecular formula is C4H2BrClIN3. The topological polar surface area (TPSA) is 51.8 Å². The van der Waals surface area contributed by atoms with Crippen molar-refractivity contribution in [3.05, 3.63) is 13.5 Å². The van der Waals surface area contributed by atoms with Crippen molar-refractivity contribution in [2.24, 2.45) is 0 Å². The first-order chi connectivity index (χ1) is 4.61. The third-order valence-corrected chi connectivity index (χ3v) is 2.71. The molecule has 0 unspecified atom stereocenters. The lowest BCUT2D eigenvalue weighted by Gasteiger charge is -1.97. The molecule has 0 aliphatic heterocycles. The van der Waals surface area contributed by atoms with Gasteiger partial charge in [-0.1, -0.05) is 11.6 Å². The second kappa shape index (κ2) is 3.19. The second-order valence-electron chi connectivity index (χ2n) is 1.48. The van der Waals surface area contributed by atoms with E-state index in [1.54, 1.807) is 0 Å². The summed E-state index contributed by atoms with van der Waals surface area (Å²) >= 11 is 10.7. The monoisotopic (exact) mass is 333 g/mol. The van der Waals surface area contributed by atoms with Crippen LogP contribution in [-0.4, -0.2) is 9.97 Å². The fraction of sp³-hybridized carbons (Fsp3) is 0. The molecule has 0 atom stereocenters. The van der Waals surface area contributed by atoms with Gasteiger partial charge in [-0.3, -0.25) is 0 Å². The number of nitrogens with two attached hydrogens (primary N) is 1. The molecule has 3 nitrogen and oxygen atoms in total. The van der Waals surface area contributed by atoms with Gasteiger partial charge in [-0.05, 0) is 38.5 Å². The van der Waals surface area contributed by atoms with Crippen LogP contribution in [0.25, 0.3) is 0 Å². The zero-order valence-electron chi connectivity index (χ0n) is 4.61. The SMILES string of the molecule is Nc1nc(Cl)c(I)nc1Br. The fourth-order valence-corrected chi connectivity index (χ4v) is 1.48. The number of halogens is 3. The van der Waals surface area contributed by atoms with Gasteiger partial charge in [0, 0.05) is 0 Å². The number of rotatable bonds is 0. The Morgan fingerprint density at radius 3 is 2.60 bits per heavy atom. The highest BCUT2D eigenvalue weighted by atomic mass is 127. The number of hydrogen-bond donors (Lipinski definition) is 1. The van der Waals surface area contributed by atoms with E-state index in [-0.39, 0.29) is 0 Å². The molecule has 1 rings (SSSR count). The van der Waals surface area contributed by atoms with E-state index in [0.717, 1.165) is 0 Å². The van der Waals surface area contributed by atoms with Gasteiger partial charge in [0.1, 0.15) is 8.30 Å². The molecule has 0 bridgehead atoms. The Morgan fingerprint density at radius 1 is 1.50 bits per heavy atom. The Morgan fingerprint density at radius 2 is 2.10 bits per heavy atom. The number of nitrogens with zero attached hydrogens (tertiary/aromatic N) is 2. The first-order valence-corrected chi connectivity index (χ1v) is 4.50.